The average Bonchev–Trinajstić information content (AvgIpc) is 3.02. The van der Waals surface area contributed by atoms with Crippen LogP contribution in [0.25, 0.3) is 0 Å². The Morgan fingerprint density at radius 2 is 1.48 bits per heavy atom. The van der Waals surface area contributed by atoms with Crippen molar-refractivity contribution in [1.82, 2.24) is 4.90 Å². The van der Waals surface area contributed by atoms with Gasteiger partial charge < -0.3 is 10.1 Å². The van der Waals surface area contributed by atoms with Gasteiger partial charge in [-0.1, -0.05) is 42.0 Å². The number of nitrogens with zero attached hydrogens (tertiary/aromatic N) is 1. The van der Waals surface area contributed by atoms with Gasteiger partial charge in [0.05, 0.1) is 16.8 Å². The van der Waals surface area contributed by atoms with E-state index in [2.05, 4.69) is 5.32 Å². The van der Waals surface area contributed by atoms with Gasteiger partial charge in [-0.25, -0.2) is 0 Å². The molecule has 1 aliphatic heterocycles. The molecule has 0 unspecified atom stereocenters. The molecule has 1 N–H and O–H groups in total. The summed E-state index contributed by atoms with van der Waals surface area (Å²) in [6.45, 7) is 2.20. The van der Waals surface area contributed by atoms with E-state index in [0.717, 1.165) is 5.56 Å². The monoisotopic (exact) mass is 414 g/mol. The SMILES string of the molecule is Cc1ccc(Oc2ccccc2NC(=O)CCCN2C(=O)c3ccccc3C2=O)cc1. The summed E-state index contributed by atoms with van der Waals surface area (Å²) in [7, 11) is 0. The summed E-state index contributed by atoms with van der Waals surface area (Å²) < 4.78 is 5.90. The molecule has 0 bridgehead atoms. The number of carbonyl (C=O) groups excluding carboxylic acids is 3. The molecule has 6 nitrogen and oxygen atoms in total. The van der Waals surface area contributed by atoms with Crippen LogP contribution in [0.3, 0.4) is 0 Å². The van der Waals surface area contributed by atoms with Gasteiger partial charge in [-0.05, 0) is 49.7 Å². The molecule has 0 fully saturated rings. The largest absolute Gasteiger partial charge is 0.455 e. The Bertz CT molecular complexity index is 1100. The van der Waals surface area contributed by atoms with E-state index in [0.29, 0.717) is 34.7 Å². The summed E-state index contributed by atoms with van der Waals surface area (Å²) in [6.07, 6.45) is 0.546. The van der Waals surface area contributed by atoms with Gasteiger partial charge in [0, 0.05) is 13.0 Å². The molecule has 6 heteroatoms. The second kappa shape index (κ2) is 8.83. The number of para-hydroxylation sites is 2. The number of fused-ring (bicyclic) bond motifs is 1. The summed E-state index contributed by atoms with van der Waals surface area (Å²) >= 11 is 0. The van der Waals surface area contributed by atoms with Crippen LogP contribution in [0.1, 0.15) is 39.1 Å². The summed E-state index contributed by atoms with van der Waals surface area (Å²) in [4.78, 5) is 38.5. The molecule has 156 valence electrons. The van der Waals surface area contributed by atoms with Crippen molar-refractivity contribution >= 4 is 23.4 Å². The molecular formula is C25H22N2O4. The molecule has 0 saturated carbocycles. The highest BCUT2D eigenvalue weighted by Gasteiger charge is 2.34. The van der Waals surface area contributed by atoms with Gasteiger partial charge in [0.1, 0.15) is 5.75 Å². The molecule has 0 spiro atoms. The van der Waals surface area contributed by atoms with Gasteiger partial charge in [0.25, 0.3) is 11.8 Å². The van der Waals surface area contributed by atoms with E-state index in [-0.39, 0.29) is 30.7 Å². The predicted octanol–water partition coefficient (Wildman–Crippen LogP) is 4.80. The number of rotatable bonds is 7. The van der Waals surface area contributed by atoms with Crippen LogP contribution in [0.5, 0.6) is 11.5 Å². The van der Waals surface area contributed by atoms with Gasteiger partial charge >= 0.3 is 0 Å². The van der Waals surface area contributed by atoms with Crippen molar-refractivity contribution in [2.75, 3.05) is 11.9 Å². The second-order valence-electron chi connectivity index (χ2n) is 7.37. The van der Waals surface area contributed by atoms with Crippen LogP contribution in [-0.4, -0.2) is 29.2 Å². The summed E-state index contributed by atoms with van der Waals surface area (Å²) in [5.74, 6) is 0.394. The lowest BCUT2D eigenvalue weighted by Gasteiger charge is -2.14. The van der Waals surface area contributed by atoms with E-state index in [1.807, 2.05) is 43.3 Å². The van der Waals surface area contributed by atoms with E-state index >= 15 is 0 Å². The first kappa shape index (κ1) is 20.3. The standard InChI is InChI=1S/C25H22N2O4/c1-17-12-14-18(15-13-17)31-22-10-5-4-9-21(22)26-23(28)11-6-16-27-24(29)19-7-2-3-8-20(19)25(27)30/h2-5,7-10,12-15H,6,11,16H2,1H3,(H,26,28). The minimum atomic E-state index is -0.308. The van der Waals surface area contributed by atoms with Gasteiger partial charge in [-0.3, -0.25) is 19.3 Å². The third kappa shape index (κ3) is 4.48. The van der Waals surface area contributed by atoms with E-state index in [4.69, 9.17) is 4.74 Å². The van der Waals surface area contributed by atoms with Gasteiger partial charge in [0.2, 0.25) is 5.91 Å². The summed E-state index contributed by atoms with van der Waals surface area (Å²) in [6, 6.07) is 21.6. The van der Waals surface area contributed by atoms with Crippen molar-refractivity contribution < 1.29 is 19.1 Å². The van der Waals surface area contributed by atoms with Crippen LogP contribution >= 0.6 is 0 Å². The Morgan fingerprint density at radius 1 is 0.871 bits per heavy atom. The van der Waals surface area contributed by atoms with Crippen LogP contribution in [0, 0.1) is 6.92 Å². The number of nitrogens with one attached hydrogen (secondary N) is 1. The minimum Gasteiger partial charge on any atom is -0.455 e. The molecule has 0 aromatic heterocycles. The normalized spacial score (nSPS) is 12.6. The molecule has 0 radical (unpaired) electrons. The predicted molar refractivity (Wildman–Crippen MR) is 117 cm³/mol. The fourth-order valence-electron chi connectivity index (χ4n) is 3.44. The van der Waals surface area contributed by atoms with Crippen LogP contribution in [0.15, 0.2) is 72.8 Å². The maximum Gasteiger partial charge on any atom is 0.261 e. The maximum absolute atomic E-state index is 12.5. The highest BCUT2D eigenvalue weighted by atomic mass is 16.5. The van der Waals surface area contributed by atoms with Crippen LogP contribution in [0.4, 0.5) is 5.69 Å². The molecule has 0 atom stereocenters. The lowest BCUT2D eigenvalue weighted by atomic mass is 10.1. The van der Waals surface area contributed by atoms with Crippen molar-refractivity contribution in [3.8, 4) is 11.5 Å². The molecular weight excluding hydrogens is 392 g/mol. The Hall–Kier alpha value is -3.93. The van der Waals surface area contributed by atoms with Crippen molar-refractivity contribution in [2.45, 2.75) is 19.8 Å². The highest BCUT2D eigenvalue weighted by Crippen LogP contribution is 2.29. The molecule has 1 heterocycles. The van der Waals surface area contributed by atoms with Crippen LogP contribution in [0.2, 0.25) is 0 Å². The number of imide groups is 1. The molecule has 3 aromatic carbocycles. The number of benzene rings is 3. The number of ether oxygens (including phenoxy) is 1. The zero-order valence-electron chi connectivity index (χ0n) is 17.1. The molecule has 3 amide bonds. The van der Waals surface area contributed by atoms with E-state index < -0.39 is 0 Å². The maximum atomic E-state index is 12.5. The molecule has 3 aromatic rings. The molecule has 0 aliphatic carbocycles. The number of aryl methyl sites for hydroxylation is 1. The fourth-order valence-corrected chi connectivity index (χ4v) is 3.44. The van der Waals surface area contributed by atoms with Crippen molar-refractivity contribution in [2.24, 2.45) is 0 Å². The second-order valence-corrected chi connectivity index (χ2v) is 7.37. The van der Waals surface area contributed by atoms with Crippen LogP contribution in [-0.2, 0) is 4.79 Å². The lowest BCUT2D eigenvalue weighted by Crippen LogP contribution is -2.31. The van der Waals surface area contributed by atoms with Gasteiger partial charge in [0.15, 0.2) is 5.75 Å². The number of hydrogen-bond acceptors (Lipinski definition) is 4. The lowest BCUT2D eigenvalue weighted by molar-refractivity contribution is -0.116. The number of carbonyl (C=O) groups is 3. The van der Waals surface area contributed by atoms with E-state index in [9.17, 15) is 14.4 Å². The highest BCUT2D eigenvalue weighted by molar-refractivity contribution is 6.21. The van der Waals surface area contributed by atoms with Crippen LogP contribution < -0.4 is 10.1 Å². The van der Waals surface area contributed by atoms with Crippen molar-refractivity contribution in [3.05, 3.63) is 89.5 Å². The third-order valence-electron chi connectivity index (χ3n) is 5.07. The first-order chi connectivity index (χ1) is 15.0. The quantitative estimate of drug-likeness (QED) is 0.564. The van der Waals surface area contributed by atoms with Crippen molar-refractivity contribution in [1.29, 1.82) is 0 Å². The topological polar surface area (TPSA) is 75.7 Å². The number of hydrogen-bond donors (Lipinski definition) is 1. The van der Waals surface area contributed by atoms with Gasteiger partial charge in [-0.2, -0.15) is 0 Å². The van der Waals surface area contributed by atoms with Crippen molar-refractivity contribution in [3.63, 3.8) is 0 Å². The first-order valence-electron chi connectivity index (χ1n) is 10.1. The van der Waals surface area contributed by atoms with E-state index in [1.165, 1.54) is 4.90 Å². The number of amides is 3. The Morgan fingerprint density at radius 3 is 2.16 bits per heavy atom. The fraction of sp³-hybridized carbons (Fsp3) is 0.160. The Balaban J connectivity index is 1.33. The molecule has 31 heavy (non-hydrogen) atoms. The Kier molecular flexibility index (Phi) is 5.80. The summed E-state index contributed by atoms with van der Waals surface area (Å²) in [5, 5.41) is 2.85. The van der Waals surface area contributed by atoms with Gasteiger partial charge in [-0.15, -0.1) is 0 Å². The summed E-state index contributed by atoms with van der Waals surface area (Å²) in [5.41, 5.74) is 2.53. The first-order valence-corrected chi connectivity index (χ1v) is 10.1. The average molecular weight is 414 g/mol. The number of anilines is 1. The third-order valence-corrected chi connectivity index (χ3v) is 5.07. The van der Waals surface area contributed by atoms with E-state index in [1.54, 1.807) is 36.4 Å². The smallest absolute Gasteiger partial charge is 0.261 e. The molecule has 1 aliphatic rings. The zero-order chi connectivity index (χ0) is 21.8. The molecule has 4 rings (SSSR count). The zero-order valence-corrected chi connectivity index (χ0v) is 17.1. The Labute approximate surface area is 180 Å². The minimum absolute atomic E-state index is 0.173. The molecule has 0 saturated heterocycles.